The van der Waals surface area contributed by atoms with Gasteiger partial charge in [0.15, 0.2) is 5.78 Å². The molecule has 0 spiro atoms. The number of amides is 1. The van der Waals surface area contributed by atoms with Crippen molar-refractivity contribution in [2.45, 2.75) is 6.92 Å². The summed E-state index contributed by atoms with van der Waals surface area (Å²) in [5, 5.41) is 3.34. The van der Waals surface area contributed by atoms with Gasteiger partial charge < -0.3 is 5.32 Å². The number of carbonyl (C=O) groups excluding carboxylic acids is 2. The van der Waals surface area contributed by atoms with Crippen molar-refractivity contribution in [2.75, 3.05) is 5.32 Å². The number of carbonyl (C=O) groups is 2. The molecule has 0 bridgehead atoms. The van der Waals surface area contributed by atoms with Crippen LogP contribution >= 0.6 is 11.6 Å². The molecule has 4 heteroatoms. The number of hydrogen-bond acceptors (Lipinski definition) is 2. The predicted molar refractivity (Wildman–Crippen MR) is 75.9 cm³/mol. The largest absolute Gasteiger partial charge is 0.322 e. The molecule has 0 saturated carbocycles. The van der Waals surface area contributed by atoms with Crippen molar-refractivity contribution in [1.29, 1.82) is 0 Å². The molecular weight excluding hydrogens is 262 g/mol. The first kappa shape index (κ1) is 13.3. The fraction of sp³-hybridized carbons (Fsp3) is 0.0667. The summed E-state index contributed by atoms with van der Waals surface area (Å²) in [7, 11) is 0. The smallest absolute Gasteiger partial charge is 0.255 e. The molecule has 0 unspecified atom stereocenters. The molecule has 0 aromatic heterocycles. The van der Waals surface area contributed by atoms with E-state index >= 15 is 0 Å². The van der Waals surface area contributed by atoms with E-state index in [1.807, 2.05) is 0 Å². The van der Waals surface area contributed by atoms with E-state index < -0.39 is 0 Å². The molecule has 96 valence electrons. The van der Waals surface area contributed by atoms with Crippen molar-refractivity contribution in [2.24, 2.45) is 0 Å². The summed E-state index contributed by atoms with van der Waals surface area (Å²) in [5.41, 5.74) is 1.79. The van der Waals surface area contributed by atoms with Crippen LogP contribution in [0.1, 0.15) is 27.6 Å². The highest BCUT2D eigenvalue weighted by atomic mass is 35.5. The van der Waals surface area contributed by atoms with Gasteiger partial charge in [-0.15, -0.1) is 0 Å². The zero-order valence-corrected chi connectivity index (χ0v) is 11.1. The molecule has 0 radical (unpaired) electrons. The van der Waals surface area contributed by atoms with Crippen LogP contribution in [0.5, 0.6) is 0 Å². The van der Waals surface area contributed by atoms with E-state index in [-0.39, 0.29) is 11.7 Å². The number of benzene rings is 2. The second-order valence-corrected chi connectivity index (χ2v) is 4.53. The summed E-state index contributed by atoms with van der Waals surface area (Å²) < 4.78 is 0. The molecule has 3 nitrogen and oxygen atoms in total. The third kappa shape index (κ3) is 3.42. The standard InChI is InChI=1S/C15H12ClNO2/c1-10(18)11-4-8-14(9-5-11)17-15(19)12-2-6-13(16)7-3-12/h2-9H,1H3,(H,17,19). The van der Waals surface area contributed by atoms with Crippen LogP contribution in [0.15, 0.2) is 48.5 Å². The maximum atomic E-state index is 11.9. The average Bonchev–Trinajstić information content (AvgIpc) is 2.40. The van der Waals surface area contributed by atoms with E-state index in [2.05, 4.69) is 5.32 Å². The Hall–Kier alpha value is -2.13. The van der Waals surface area contributed by atoms with E-state index in [0.29, 0.717) is 21.8 Å². The Morgan fingerprint density at radius 3 is 1.95 bits per heavy atom. The normalized spacial score (nSPS) is 10.0. The summed E-state index contributed by atoms with van der Waals surface area (Å²) in [4.78, 5) is 23.1. The molecule has 0 aliphatic rings. The number of nitrogens with one attached hydrogen (secondary N) is 1. The monoisotopic (exact) mass is 273 g/mol. The van der Waals surface area contributed by atoms with E-state index in [1.165, 1.54) is 6.92 Å². The summed E-state index contributed by atoms with van der Waals surface area (Å²) in [5.74, 6) is -0.220. The van der Waals surface area contributed by atoms with Gasteiger partial charge in [0.25, 0.3) is 5.91 Å². The van der Waals surface area contributed by atoms with Crippen LogP contribution in [0.3, 0.4) is 0 Å². The van der Waals surface area contributed by atoms with Crippen molar-refractivity contribution in [1.82, 2.24) is 0 Å². The molecular formula is C15H12ClNO2. The maximum Gasteiger partial charge on any atom is 0.255 e. The number of hydrogen-bond donors (Lipinski definition) is 1. The number of halogens is 1. The molecule has 0 aliphatic carbocycles. The summed E-state index contributed by atoms with van der Waals surface area (Å²) in [6.45, 7) is 1.50. The zero-order chi connectivity index (χ0) is 13.8. The van der Waals surface area contributed by atoms with Gasteiger partial charge >= 0.3 is 0 Å². The molecule has 0 fully saturated rings. The Morgan fingerprint density at radius 2 is 1.42 bits per heavy atom. The molecule has 1 amide bonds. The minimum absolute atomic E-state index is 0.00409. The van der Waals surface area contributed by atoms with E-state index in [0.717, 1.165) is 0 Å². The fourth-order valence-electron chi connectivity index (χ4n) is 1.59. The highest BCUT2D eigenvalue weighted by molar-refractivity contribution is 6.30. The van der Waals surface area contributed by atoms with Crippen molar-refractivity contribution >= 4 is 29.0 Å². The van der Waals surface area contributed by atoms with E-state index in [4.69, 9.17) is 11.6 Å². The first-order chi connectivity index (χ1) is 9.06. The molecule has 0 heterocycles. The lowest BCUT2D eigenvalue weighted by Gasteiger charge is -2.05. The molecule has 0 atom stereocenters. The van der Waals surface area contributed by atoms with Crippen LogP contribution in [0.2, 0.25) is 5.02 Å². The Balaban J connectivity index is 2.10. The highest BCUT2D eigenvalue weighted by Crippen LogP contribution is 2.13. The zero-order valence-electron chi connectivity index (χ0n) is 10.3. The van der Waals surface area contributed by atoms with Gasteiger partial charge in [-0.05, 0) is 55.5 Å². The number of anilines is 1. The van der Waals surface area contributed by atoms with Gasteiger partial charge in [-0.3, -0.25) is 9.59 Å². The van der Waals surface area contributed by atoms with Crippen molar-refractivity contribution < 1.29 is 9.59 Å². The molecule has 2 rings (SSSR count). The lowest BCUT2D eigenvalue weighted by molar-refractivity contribution is 0.101. The van der Waals surface area contributed by atoms with Crippen LogP contribution in [-0.4, -0.2) is 11.7 Å². The van der Waals surface area contributed by atoms with E-state index in [1.54, 1.807) is 48.5 Å². The van der Waals surface area contributed by atoms with Gasteiger partial charge in [-0.2, -0.15) is 0 Å². The molecule has 19 heavy (non-hydrogen) atoms. The third-order valence-corrected chi connectivity index (χ3v) is 2.91. The molecule has 2 aromatic carbocycles. The maximum absolute atomic E-state index is 11.9. The van der Waals surface area contributed by atoms with Gasteiger partial charge in [0.05, 0.1) is 0 Å². The van der Waals surface area contributed by atoms with Crippen LogP contribution in [0, 0.1) is 0 Å². The lowest BCUT2D eigenvalue weighted by atomic mass is 10.1. The predicted octanol–water partition coefficient (Wildman–Crippen LogP) is 3.79. The van der Waals surface area contributed by atoms with Crippen molar-refractivity contribution in [3.05, 3.63) is 64.7 Å². The van der Waals surface area contributed by atoms with Gasteiger partial charge in [-0.1, -0.05) is 11.6 Å². The minimum atomic E-state index is -0.216. The Morgan fingerprint density at radius 1 is 0.895 bits per heavy atom. The summed E-state index contributed by atoms with van der Waals surface area (Å²) in [6, 6.07) is 13.4. The van der Waals surface area contributed by atoms with E-state index in [9.17, 15) is 9.59 Å². The number of ketones is 1. The Labute approximate surface area is 116 Å². The Bertz CT molecular complexity index is 603. The second kappa shape index (κ2) is 5.67. The fourth-order valence-corrected chi connectivity index (χ4v) is 1.72. The van der Waals surface area contributed by atoms with Crippen LogP contribution in [0.4, 0.5) is 5.69 Å². The van der Waals surface area contributed by atoms with Crippen LogP contribution in [0.25, 0.3) is 0 Å². The highest BCUT2D eigenvalue weighted by Gasteiger charge is 2.06. The molecule has 2 aromatic rings. The van der Waals surface area contributed by atoms with Gasteiger partial charge in [0, 0.05) is 21.8 Å². The number of rotatable bonds is 3. The first-order valence-corrected chi connectivity index (χ1v) is 6.12. The SMILES string of the molecule is CC(=O)c1ccc(NC(=O)c2ccc(Cl)cc2)cc1. The second-order valence-electron chi connectivity index (χ2n) is 4.09. The van der Waals surface area contributed by atoms with Gasteiger partial charge in [0.1, 0.15) is 0 Å². The minimum Gasteiger partial charge on any atom is -0.322 e. The van der Waals surface area contributed by atoms with Crippen LogP contribution < -0.4 is 5.32 Å². The first-order valence-electron chi connectivity index (χ1n) is 5.74. The molecule has 1 N–H and O–H groups in total. The topological polar surface area (TPSA) is 46.2 Å². The third-order valence-electron chi connectivity index (χ3n) is 2.66. The summed E-state index contributed by atoms with van der Waals surface area (Å²) in [6.07, 6.45) is 0. The van der Waals surface area contributed by atoms with Gasteiger partial charge in [0.2, 0.25) is 0 Å². The quantitative estimate of drug-likeness (QED) is 0.865. The van der Waals surface area contributed by atoms with Crippen LogP contribution in [-0.2, 0) is 0 Å². The number of Topliss-reactive ketones (excluding diaryl/α,β-unsaturated/α-hetero) is 1. The molecule has 0 saturated heterocycles. The Kier molecular flexibility index (Phi) is 3.97. The van der Waals surface area contributed by atoms with Gasteiger partial charge in [-0.25, -0.2) is 0 Å². The average molecular weight is 274 g/mol. The van der Waals surface area contributed by atoms with Crippen molar-refractivity contribution in [3.8, 4) is 0 Å². The lowest BCUT2D eigenvalue weighted by Crippen LogP contribution is -2.11. The summed E-state index contributed by atoms with van der Waals surface area (Å²) >= 11 is 5.76. The van der Waals surface area contributed by atoms with Crippen molar-refractivity contribution in [3.63, 3.8) is 0 Å². The molecule has 0 aliphatic heterocycles.